The van der Waals surface area contributed by atoms with E-state index in [1.54, 1.807) is 24.3 Å². The summed E-state index contributed by atoms with van der Waals surface area (Å²) in [5, 5.41) is 2.52. The number of carbonyl (C=O) groups is 2. The van der Waals surface area contributed by atoms with E-state index in [0.717, 1.165) is 43.2 Å². The number of nitrogens with one attached hydrogen (secondary N) is 1. The fourth-order valence-electron chi connectivity index (χ4n) is 3.35. The van der Waals surface area contributed by atoms with Gasteiger partial charge in [0.2, 0.25) is 5.91 Å². The van der Waals surface area contributed by atoms with Crippen LogP contribution in [0, 0.1) is 5.92 Å². The van der Waals surface area contributed by atoms with Gasteiger partial charge in [-0.15, -0.1) is 0 Å². The van der Waals surface area contributed by atoms with Crippen LogP contribution in [-0.2, 0) is 4.79 Å². The second-order valence-corrected chi connectivity index (χ2v) is 6.58. The molecule has 0 aliphatic heterocycles. The van der Waals surface area contributed by atoms with Gasteiger partial charge in [-0.1, -0.05) is 37.5 Å². The zero-order chi connectivity index (χ0) is 17.8. The summed E-state index contributed by atoms with van der Waals surface area (Å²) in [6.07, 6.45) is 4.95. The van der Waals surface area contributed by atoms with E-state index in [1.807, 2.05) is 18.2 Å². The predicted octanol–water partition coefficient (Wildman–Crippen LogP) is 3.35. The lowest BCUT2D eigenvalue weighted by Gasteiger charge is -2.20. The maximum atomic E-state index is 12.5. The molecule has 3 rings (SSSR count). The van der Waals surface area contributed by atoms with Gasteiger partial charge in [-0.25, -0.2) is 0 Å². The highest BCUT2D eigenvalue weighted by molar-refractivity contribution is 6.06. The summed E-state index contributed by atoms with van der Waals surface area (Å²) in [7, 11) is 0. The van der Waals surface area contributed by atoms with Crippen LogP contribution in [0.4, 0.5) is 11.4 Å². The minimum Gasteiger partial charge on any atom is -0.399 e. The number of anilines is 2. The number of nitrogen functional groups attached to an aromatic ring is 2. The fourth-order valence-corrected chi connectivity index (χ4v) is 3.35. The van der Waals surface area contributed by atoms with Gasteiger partial charge in [0, 0.05) is 28.4 Å². The summed E-state index contributed by atoms with van der Waals surface area (Å²) < 4.78 is 0. The summed E-state index contributed by atoms with van der Waals surface area (Å²) in [5.41, 5.74) is 15.0. The molecule has 0 heterocycles. The molecule has 0 aromatic heterocycles. The Kier molecular flexibility index (Phi) is 5.03. The smallest absolute Gasteiger partial charge is 0.257 e. The van der Waals surface area contributed by atoms with Gasteiger partial charge in [-0.2, -0.15) is 0 Å². The first-order chi connectivity index (χ1) is 12.0. The van der Waals surface area contributed by atoms with Gasteiger partial charge < -0.3 is 11.5 Å². The first kappa shape index (κ1) is 17.0. The lowest BCUT2D eigenvalue weighted by molar-refractivity contribution is -0.124. The Balaban J connectivity index is 1.81. The van der Waals surface area contributed by atoms with Crippen molar-refractivity contribution in [2.45, 2.75) is 32.1 Å². The molecule has 130 valence electrons. The van der Waals surface area contributed by atoms with Crippen LogP contribution in [0.3, 0.4) is 0 Å². The van der Waals surface area contributed by atoms with Crippen LogP contribution in [0.25, 0.3) is 11.1 Å². The van der Waals surface area contributed by atoms with Crippen molar-refractivity contribution in [2.24, 2.45) is 5.92 Å². The largest absolute Gasteiger partial charge is 0.399 e. The van der Waals surface area contributed by atoms with Crippen LogP contribution in [0.1, 0.15) is 42.5 Å². The maximum Gasteiger partial charge on any atom is 0.257 e. The van der Waals surface area contributed by atoms with Crippen LogP contribution in [0.15, 0.2) is 42.5 Å². The fraction of sp³-hybridized carbons (Fsp3) is 0.300. The number of para-hydroxylation sites is 1. The van der Waals surface area contributed by atoms with E-state index in [0.29, 0.717) is 16.9 Å². The molecule has 5 heteroatoms. The zero-order valence-corrected chi connectivity index (χ0v) is 14.1. The molecule has 1 aliphatic carbocycles. The van der Waals surface area contributed by atoms with Crippen molar-refractivity contribution < 1.29 is 9.59 Å². The number of hydrogen-bond donors (Lipinski definition) is 3. The van der Waals surface area contributed by atoms with E-state index in [9.17, 15) is 9.59 Å². The zero-order valence-electron chi connectivity index (χ0n) is 14.1. The van der Waals surface area contributed by atoms with Crippen molar-refractivity contribution >= 4 is 23.2 Å². The number of imide groups is 1. The molecule has 1 saturated carbocycles. The van der Waals surface area contributed by atoms with Crippen molar-refractivity contribution in [1.82, 2.24) is 5.32 Å². The molecule has 5 nitrogen and oxygen atoms in total. The quantitative estimate of drug-likeness (QED) is 0.591. The Bertz CT molecular complexity index is 795. The van der Waals surface area contributed by atoms with E-state index in [4.69, 9.17) is 11.5 Å². The number of nitrogens with two attached hydrogens (primary N) is 2. The standard InChI is InChI=1S/C20H23N3O2/c21-16-11-14(17-8-4-5-9-18(17)22)10-15(12-16)20(25)23-19(24)13-6-2-1-3-7-13/h4-5,8-13H,1-3,6-7,21-22H2,(H,23,24,25). The van der Waals surface area contributed by atoms with E-state index in [-0.39, 0.29) is 11.8 Å². The molecule has 0 unspecified atom stereocenters. The average Bonchev–Trinajstić information content (AvgIpc) is 2.62. The normalized spacial score (nSPS) is 14.9. The Hall–Kier alpha value is -2.82. The molecule has 0 saturated heterocycles. The van der Waals surface area contributed by atoms with Crippen molar-refractivity contribution in [3.8, 4) is 11.1 Å². The van der Waals surface area contributed by atoms with E-state index >= 15 is 0 Å². The molecular weight excluding hydrogens is 314 g/mol. The van der Waals surface area contributed by atoms with Crippen molar-refractivity contribution in [3.63, 3.8) is 0 Å². The molecule has 0 spiro atoms. The predicted molar refractivity (Wildman–Crippen MR) is 99.8 cm³/mol. The number of amides is 2. The van der Waals surface area contributed by atoms with Gasteiger partial charge in [0.05, 0.1) is 0 Å². The van der Waals surface area contributed by atoms with Crippen LogP contribution in [0.5, 0.6) is 0 Å². The summed E-state index contributed by atoms with van der Waals surface area (Å²) in [6, 6.07) is 12.5. The van der Waals surface area contributed by atoms with E-state index in [2.05, 4.69) is 5.32 Å². The molecule has 0 bridgehead atoms. The monoisotopic (exact) mass is 337 g/mol. The molecule has 0 radical (unpaired) electrons. The second-order valence-electron chi connectivity index (χ2n) is 6.58. The van der Waals surface area contributed by atoms with Crippen molar-refractivity contribution in [1.29, 1.82) is 0 Å². The third-order valence-corrected chi connectivity index (χ3v) is 4.70. The average molecular weight is 337 g/mol. The minimum atomic E-state index is -0.418. The van der Waals surface area contributed by atoms with Gasteiger partial charge in [-0.3, -0.25) is 14.9 Å². The molecule has 1 aliphatic rings. The van der Waals surface area contributed by atoms with Gasteiger partial charge >= 0.3 is 0 Å². The lowest BCUT2D eigenvalue weighted by Crippen LogP contribution is -2.36. The maximum absolute atomic E-state index is 12.5. The van der Waals surface area contributed by atoms with Gasteiger partial charge in [0.25, 0.3) is 5.91 Å². The van der Waals surface area contributed by atoms with Crippen molar-refractivity contribution in [2.75, 3.05) is 11.5 Å². The van der Waals surface area contributed by atoms with Crippen LogP contribution in [0.2, 0.25) is 0 Å². The summed E-state index contributed by atoms with van der Waals surface area (Å²) in [4.78, 5) is 24.8. The summed E-state index contributed by atoms with van der Waals surface area (Å²) >= 11 is 0. The molecule has 2 aromatic carbocycles. The highest BCUT2D eigenvalue weighted by Crippen LogP contribution is 2.28. The number of carbonyl (C=O) groups excluding carboxylic acids is 2. The Labute approximate surface area is 147 Å². The Morgan fingerprint density at radius 3 is 2.40 bits per heavy atom. The summed E-state index contributed by atoms with van der Waals surface area (Å²) in [6.45, 7) is 0. The molecule has 5 N–H and O–H groups in total. The van der Waals surface area contributed by atoms with Gasteiger partial charge in [0.15, 0.2) is 0 Å². The molecule has 1 fully saturated rings. The Morgan fingerprint density at radius 1 is 0.960 bits per heavy atom. The number of rotatable bonds is 3. The topological polar surface area (TPSA) is 98.2 Å². The molecule has 2 aromatic rings. The lowest BCUT2D eigenvalue weighted by atomic mass is 9.88. The minimum absolute atomic E-state index is 0.0667. The van der Waals surface area contributed by atoms with Crippen LogP contribution >= 0.6 is 0 Å². The SMILES string of the molecule is Nc1cc(C(=O)NC(=O)C2CCCCC2)cc(-c2ccccc2N)c1. The van der Waals surface area contributed by atoms with Gasteiger partial charge in [0.1, 0.15) is 0 Å². The summed E-state index contributed by atoms with van der Waals surface area (Å²) in [5.74, 6) is -0.672. The first-order valence-corrected chi connectivity index (χ1v) is 8.65. The van der Waals surface area contributed by atoms with Gasteiger partial charge in [-0.05, 0) is 42.7 Å². The Morgan fingerprint density at radius 2 is 1.68 bits per heavy atom. The molecular formula is C20H23N3O2. The second kappa shape index (κ2) is 7.38. The highest BCUT2D eigenvalue weighted by Gasteiger charge is 2.23. The third kappa shape index (κ3) is 3.99. The van der Waals surface area contributed by atoms with E-state index in [1.165, 1.54) is 0 Å². The number of benzene rings is 2. The van der Waals surface area contributed by atoms with Crippen molar-refractivity contribution in [3.05, 3.63) is 48.0 Å². The third-order valence-electron chi connectivity index (χ3n) is 4.70. The number of hydrogen-bond acceptors (Lipinski definition) is 4. The van der Waals surface area contributed by atoms with Crippen LogP contribution < -0.4 is 16.8 Å². The highest BCUT2D eigenvalue weighted by atomic mass is 16.2. The first-order valence-electron chi connectivity index (χ1n) is 8.65. The molecule has 0 atom stereocenters. The molecule has 25 heavy (non-hydrogen) atoms. The van der Waals surface area contributed by atoms with Crippen LogP contribution in [-0.4, -0.2) is 11.8 Å². The van der Waals surface area contributed by atoms with E-state index < -0.39 is 5.91 Å². The molecule has 2 amide bonds.